The van der Waals surface area contributed by atoms with Crippen LogP contribution in [0.3, 0.4) is 0 Å². The Bertz CT molecular complexity index is 586. The van der Waals surface area contributed by atoms with Gasteiger partial charge in [-0.05, 0) is 36.5 Å². The Hall–Kier alpha value is -2.05. The third-order valence-corrected chi connectivity index (χ3v) is 3.96. The van der Waals surface area contributed by atoms with Crippen molar-refractivity contribution in [2.45, 2.75) is 31.9 Å². The van der Waals surface area contributed by atoms with Gasteiger partial charge in [-0.25, -0.2) is 4.79 Å². The molecule has 1 saturated heterocycles. The maximum Gasteiger partial charge on any atom is 0.389 e. The summed E-state index contributed by atoms with van der Waals surface area (Å²) >= 11 is 0. The number of carbonyl (C=O) groups excluding carboxylic acids is 1. The zero-order chi connectivity index (χ0) is 17.0. The topological polar surface area (TPSA) is 57.6 Å². The van der Waals surface area contributed by atoms with Crippen LogP contribution in [0.25, 0.3) is 0 Å². The minimum Gasteiger partial charge on any atom is -0.478 e. The molecule has 1 atom stereocenters. The average molecular weight is 329 g/mol. The van der Waals surface area contributed by atoms with Crippen LogP contribution in [0.15, 0.2) is 24.3 Å². The summed E-state index contributed by atoms with van der Waals surface area (Å²) in [5.74, 6) is -1.32. The molecule has 0 unspecified atom stereocenters. The highest BCUT2D eigenvalue weighted by atomic mass is 19.4. The van der Waals surface area contributed by atoms with Crippen LogP contribution in [0, 0.1) is 5.92 Å². The van der Waals surface area contributed by atoms with Gasteiger partial charge in [-0.2, -0.15) is 13.2 Å². The zero-order valence-electron chi connectivity index (χ0n) is 12.5. The molecule has 23 heavy (non-hydrogen) atoms. The Morgan fingerprint density at radius 1 is 1.30 bits per heavy atom. The number of halogens is 3. The lowest BCUT2D eigenvalue weighted by molar-refractivity contribution is -0.148. The molecule has 1 heterocycles. The Labute approximate surface area is 131 Å². The highest BCUT2D eigenvalue weighted by Gasteiger charge is 2.31. The summed E-state index contributed by atoms with van der Waals surface area (Å²) in [5, 5.41) is 8.96. The van der Waals surface area contributed by atoms with Crippen LogP contribution in [0.2, 0.25) is 0 Å². The molecule has 1 fully saturated rings. The summed E-state index contributed by atoms with van der Waals surface area (Å²) in [5.41, 5.74) is 1.07. The van der Waals surface area contributed by atoms with Crippen LogP contribution in [-0.4, -0.2) is 41.1 Å². The first-order valence-electron chi connectivity index (χ1n) is 7.41. The molecule has 0 radical (unpaired) electrons. The van der Waals surface area contributed by atoms with E-state index in [2.05, 4.69) is 0 Å². The highest BCUT2D eigenvalue weighted by molar-refractivity contribution is 5.87. The first-order chi connectivity index (χ1) is 10.7. The first-order valence-corrected chi connectivity index (χ1v) is 7.41. The van der Waals surface area contributed by atoms with Crippen molar-refractivity contribution in [3.63, 3.8) is 0 Å². The summed E-state index contributed by atoms with van der Waals surface area (Å²) < 4.78 is 36.5. The fourth-order valence-corrected chi connectivity index (χ4v) is 2.80. The molecular formula is C16H18F3NO3. The van der Waals surface area contributed by atoms with Crippen molar-refractivity contribution in [2.24, 2.45) is 5.92 Å². The number of benzene rings is 1. The lowest BCUT2D eigenvalue weighted by Gasteiger charge is -2.17. The maximum atomic E-state index is 12.2. The normalized spacial score (nSPS) is 18.2. The van der Waals surface area contributed by atoms with Crippen molar-refractivity contribution >= 4 is 11.9 Å². The average Bonchev–Trinajstić information content (AvgIpc) is 2.93. The van der Waals surface area contributed by atoms with E-state index < -0.39 is 30.9 Å². The van der Waals surface area contributed by atoms with Gasteiger partial charge in [0.15, 0.2) is 0 Å². The van der Waals surface area contributed by atoms with Gasteiger partial charge in [0.05, 0.1) is 12.0 Å². The number of amides is 1. The quantitative estimate of drug-likeness (QED) is 0.903. The third kappa shape index (κ3) is 5.26. The zero-order valence-corrected chi connectivity index (χ0v) is 12.5. The molecule has 1 N–H and O–H groups in total. The van der Waals surface area contributed by atoms with Crippen molar-refractivity contribution in [3.05, 3.63) is 35.4 Å². The molecule has 0 bridgehead atoms. The Balaban J connectivity index is 1.87. The predicted molar refractivity (Wildman–Crippen MR) is 77.1 cm³/mol. The molecule has 0 spiro atoms. The fraction of sp³-hybridized carbons (Fsp3) is 0.500. The monoisotopic (exact) mass is 329 g/mol. The van der Waals surface area contributed by atoms with Crippen LogP contribution < -0.4 is 0 Å². The molecule has 0 saturated carbocycles. The van der Waals surface area contributed by atoms with Crippen LogP contribution in [0.5, 0.6) is 0 Å². The predicted octanol–water partition coefficient (Wildman–Crippen LogP) is 3.12. The summed E-state index contributed by atoms with van der Waals surface area (Å²) in [6.45, 7) is 0.883. The number of alkyl halides is 3. The minimum absolute atomic E-state index is 0.147. The molecular weight excluding hydrogens is 311 g/mol. The lowest BCUT2D eigenvalue weighted by Crippen LogP contribution is -2.29. The Kier molecular flexibility index (Phi) is 5.28. The summed E-state index contributed by atoms with van der Waals surface area (Å²) in [4.78, 5) is 24.2. The second-order valence-electron chi connectivity index (χ2n) is 5.82. The smallest absolute Gasteiger partial charge is 0.389 e. The second-order valence-corrected chi connectivity index (χ2v) is 5.82. The number of carboxylic acids is 1. The van der Waals surface area contributed by atoms with E-state index in [-0.39, 0.29) is 11.5 Å². The number of carboxylic acid groups (broad SMARTS) is 1. The molecule has 1 aliphatic rings. The summed E-state index contributed by atoms with van der Waals surface area (Å²) in [6, 6.07) is 6.59. The van der Waals surface area contributed by atoms with E-state index in [1.165, 1.54) is 11.0 Å². The molecule has 1 amide bonds. The second kappa shape index (κ2) is 7.02. The number of nitrogens with zero attached hydrogens (tertiary/aromatic N) is 1. The van der Waals surface area contributed by atoms with Gasteiger partial charge in [0.2, 0.25) is 5.91 Å². The van der Waals surface area contributed by atoms with Gasteiger partial charge >= 0.3 is 12.1 Å². The molecule has 1 aromatic rings. The van der Waals surface area contributed by atoms with Crippen molar-refractivity contribution in [3.8, 4) is 0 Å². The number of likely N-dealkylation sites (tertiary alicyclic amines) is 1. The van der Waals surface area contributed by atoms with Crippen LogP contribution in [-0.2, 0) is 11.2 Å². The molecule has 126 valence electrons. The largest absolute Gasteiger partial charge is 0.478 e. The number of rotatable bonds is 5. The lowest BCUT2D eigenvalue weighted by atomic mass is 9.97. The van der Waals surface area contributed by atoms with Gasteiger partial charge in [-0.3, -0.25) is 4.79 Å². The molecule has 0 aliphatic carbocycles. The van der Waals surface area contributed by atoms with Gasteiger partial charge in [-0.15, -0.1) is 0 Å². The van der Waals surface area contributed by atoms with Gasteiger partial charge < -0.3 is 10.0 Å². The molecule has 1 aliphatic heterocycles. The maximum absolute atomic E-state index is 12.2. The van der Waals surface area contributed by atoms with E-state index in [1.807, 2.05) is 6.07 Å². The van der Waals surface area contributed by atoms with E-state index in [0.717, 1.165) is 12.0 Å². The van der Waals surface area contributed by atoms with Gasteiger partial charge in [0, 0.05) is 19.5 Å². The van der Waals surface area contributed by atoms with Gasteiger partial charge in [0.25, 0.3) is 0 Å². The van der Waals surface area contributed by atoms with Gasteiger partial charge in [-0.1, -0.05) is 12.1 Å². The fourth-order valence-electron chi connectivity index (χ4n) is 2.80. The highest BCUT2D eigenvalue weighted by Crippen LogP contribution is 2.25. The molecule has 0 aromatic heterocycles. The van der Waals surface area contributed by atoms with E-state index in [4.69, 9.17) is 5.11 Å². The number of hydrogen-bond acceptors (Lipinski definition) is 2. The molecule has 4 nitrogen and oxygen atoms in total. The molecule has 2 rings (SSSR count). The van der Waals surface area contributed by atoms with Crippen LogP contribution in [0.1, 0.15) is 35.2 Å². The first kappa shape index (κ1) is 17.3. The van der Waals surface area contributed by atoms with Crippen molar-refractivity contribution in [1.82, 2.24) is 4.90 Å². The SMILES string of the molecule is O=C(O)c1cccc(C[C@@H]2CCN(C(=O)CCC(F)(F)F)C2)c1. The van der Waals surface area contributed by atoms with E-state index in [9.17, 15) is 22.8 Å². The Morgan fingerprint density at radius 2 is 2.04 bits per heavy atom. The van der Waals surface area contributed by atoms with Crippen molar-refractivity contribution in [2.75, 3.05) is 13.1 Å². The van der Waals surface area contributed by atoms with E-state index in [0.29, 0.717) is 19.5 Å². The third-order valence-electron chi connectivity index (χ3n) is 3.96. The summed E-state index contributed by atoms with van der Waals surface area (Å²) in [6.07, 6.45) is -4.58. The molecule has 1 aromatic carbocycles. The number of hydrogen-bond donors (Lipinski definition) is 1. The van der Waals surface area contributed by atoms with Crippen LogP contribution >= 0.6 is 0 Å². The minimum atomic E-state index is -4.31. The standard InChI is InChI=1S/C16H18F3NO3/c17-16(18,19)6-4-14(21)20-7-5-12(10-20)8-11-2-1-3-13(9-11)15(22)23/h1-3,9,12H,4-8,10H2,(H,22,23)/t12-/m0/s1. The van der Waals surface area contributed by atoms with E-state index in [1.54, 1.807) is 12.1 Å². The Morgan fingerprint density at radius 3 is 2.70 bits per heavy atom. The van der Waals surface area contributed by atoms with E-state index >= 15 is 0 Å². The number of aromatic carboxylic acids is 1. The van der Waals surface area contributed by atoms with Crippen molar-refractivity contribution in [1.29, 1.82) is 0 Å². The summed E-state index contributed by atoms with van der Waals surface area (Å²) in [7, 11) is 0. The number of carbonyl (C=O) groups is 2. The van der Waals surface area contributed by atoms with Crippen LogP contribution in [0.4, 0.5) is 13.2 Å². The molecule has 7 heteroatoms. The van der Waals surface area contributed by atoms with Gasteiger partial charge in [0.1, 0.15) is 0 Å². The van der Waals surface area contributed by atoms with Crippen molar-refractivity contribution < 1.29 is 27.9 Å².